The van der Waals surface area contributed by atoms with Gasteiger partial charge in [0.1, 0.15) is 19.3 Å². The molecular formula is C59H114O17P2. The number of carbonyl (C=O) groups excluding carboxylic acids is 4. The van der Waals surface area contributed by atoms with Crippen LogP contribution in [0, 0.1) is 11.8 Å². The molecule has 2 unspecified atom stereocenters. The highest BCUT2D eigenvalue weighted by Gasteiger charge is 2.30. The second-order valence-corrected chi connectivity index (χ2v) is 25.2. The Morgan fingerprint density at radius 2 is 0.590 bits per heavy atom. The summed E-state index contributed by atoms with van der Waals surface area (Å²) in [5, 5.41) is 10.5. The fraction of sp³-hybridized carbons (Fsp3) is 0.932. The quantitative estimate of drug-likeness (QED) is 0.0222. The van der Waals surface area contributed by atoms with Crippen molar-refractivity contribution in [2.45, 2.75) is 304 Å². The third-order valence-corrected chi connectivity index (χ3v) is 15.4. The Kier molecular flexibility index (Phi) is 50.6. The number of unbranched alkanes of at least 4 members (excludes halogenated alkanes) is 28. The summed E-state index contributed by atoms with van der Waals surface area (Å²) < 4.78 is 67.4. The van der Waals surface area contributed by atoms with Crippen molar-refractivity contribution in [2.75, 3.05) is 39.6 Å². The van der Waals surface area contributed by atoms with Gasteiger partial charge in [0.2, 0.25) is 0 Å². The molecule has 0 spiro atoms. The molecule has 19 heteroatoms. The Balaban J connectivity index is 5.10. The first-order valence-corrected chi connectivity index (χ1v) is 34.0. The molecule has 0 aliphatic rings. The van der Waals surface area contributed by atoms with Gasteiger partial charge in [-0.3, -0.25) is 37.3 Å². The summed E-state index contributed by atoms with van der Waals surface area (Å²) >= 11 is 0. The van der Waals surface area contributed by atoms with E-state index in [9.17, 15) is 43.2 Å². The highest BCUT2D eigenvalue weighted by atomic mass is 31.2. The smallest absolute Gasteiger partial charge is 0.462 e. The molecule has 0 aliphatic carbocycles. The second kappa shape index (κ2) is 51.9. The lowest BCUT2D eigenvalue weighted by Crippen LogP contribution is -2.30. The number of aliphatic hydroxyl groups excluding tert-OH is 1. The van der Waals surface area contributed by atoms with Gasteiger partial charge in [-0.15, -0.1) is 0 Å². The predicted octanol–water partition coefficient (Wildman–Crippen LogP) is 15.7. The van der Waals surface area contributed by atoms with E-state index >= 15 is 0 Å². The summed E-state index contributed by atoms with van der Waals surface area (Å²) in [6.45, 7) is 9.26. The van der Waals surface area contributed by atoms with Crippen LogP contribution >= 0.6 is 15.6 Å². The molecule has 17 nitrogen and oxygen atoms in total. The molecule has 0 aromatic heterocycles. The van der Waals surface area contributed by atoms with E-state index < -0.39 is 97.5 Å². The number of hydrogen-bond donors (Lipinski definition) is 3. The van der Waals surface area contributed by atoms with Crippen LogP contribution in [-0.4, -0.2) is 96.7 Å². The molecule has 0 aromatic carbocycles. The van der Waals surface area contributed by atoms with Crippen LogP contribution < -0.4 is 0 Å². The van der Waals surface area contributed by atoms with Gasteiger partial charge in [-0.1, -0.05) is 234 Å². The Labute approximate surface area is 473 Å². The number of phosphoric acid groups is 2. The van der Waals surface area contributed by atoms with E-state index in [1.54, 1.807) is 0 Å². The number of hydrogen-bond acceptors (Lipinski definition) is 15. The number of phosphoric ester groups is 2. The average Bonchev–Trinajstić information content (AvgIpc) is 3.39. The molecule has 0 amide bonds. The highest BCUT2D eigenvalue weighted by Crippen LogP contribution is 2.45. The van der Waals surface area contributed by atoms with Crippen LogP contribution in [0.25, 0.3) is 0 Å². The van der Waals surface area contributed by atoms with Crippen LogP contribution in [-0.2, 0) is 65.4 Å². The molecule has 0 aliphatic heterocycles. The number of ether oxygens (including phenoxy) is 4. The van der Waals surface area contributed by atoms with E-state index in [1.807, 2.05) is 0 Å². The highest BCUT2D eigenvalue weighted by molar-refractivity contribution is 7.47. The Hall–Kier alpha value is -1.94. The Morgan fingerprint density at radius 1 is 0.346 bits per heavy atom. The summed E-state index contributed by atoms with van der Waals surface area (Å²) in [6, 6.07) is 0. The van der Waals surface area contributed by atoms with Crippen molar-refractivity contribution < 1.29 is 80.2 Å². The maximum atomic E-state index is 12.9. The van der Waals surface area contributed by atoms with Gasteiger partial charge in [0.25, 0.3) is 0 Å². The van der Waals surface area contributed by atoms with Gasteiger partial charge in [-0.25, -0.2) is 9.13 Å². The lowest BCUT2D eigenvalue weighted by atomic mass is 10.0. The van der Waals surface area contributed by atoms with Crippen molar-refractivity contribution in [2.24, 2.45) is 11.8 Å². The molecule has 3 N–H and O–H groups in total. The van der Waals surface area contributed by atoms with Crippen LogP contribution in [0.3, 0.4) is 0 Å². The molecule has 0 saturated carbocycles. The lowest BCUT2D eigenvalue weighted by molar-refractivity contribution is -0.161. The zero-order valence-corrected chi connectivity index (χ0v) is 51.7. The zero-order chi connectivity index (χ0) is 58.0. The largest absolute Gasteiger partial charge is 0.472 e. The van der Waals surface area contributed by atoms with E-state index in [-0.39, 0.29) is 25.7 Å². The Morgan fingerprint density at radius 3 is 0.872 bits per heavy atom. The van der Waals surface area contributed by atoms with E-state index in [4.69, 9.17) is 37.0 Å². The molecule has 78 heavy (non-hydrogen) atoms. The average molecular weight is 1160 g/mol. The van der Waals surface area contributed by atoms with Gasteiger partial charge in [0, 0.05) is 25.7 Å². The molecule has 0 saturated heterocycles. The van der Waals surface area contributed by atoms with Crippen LogP contribution in [0.5, 0.6) is 0 Å². The van der Waals surface area contributed by atoms with Crippen molar-refractivity contribution in [1.29, 1.82) is 0 Å². The summed E-state index contributed by atoms with van der Waals surface area (Å²) in [6.07, 6.45) is 32.9. The first-order valence-electron chi connectivity index (χ1n) is 31.0. The molecule has 0 heterocycles. The Bertz CT molecular complexity index is 1550. The van der Waals surface area contributed by atoms with Gasteiger partial charge in [0.05, 0.1) is 26.4 Å². The number of esters is 4. The third-order valence-electron chi connectivity index (χ3n) is 13.5. The normalized spacial score (nSPS) is 14.4. The van der Waals surface area contributed by atoms with Crippen LogP contribution in [0.1, 0.15) is 286 Å². The maximum Gasteiger partial charge on any atom is 0.472 e. The van der Waals surface area contributed by atoms with Crippen molar-refractivity contribution in [3.05, 3.63) is 0 Å². The van der Waals surface area contributed by atoms with E-state index in [2.05, 4.69) is 41.5 Å². The molecule has 0 bridgehead atoms. The first kappa shape index (κ1) is 76.1. The van der Waals surface area contributed by atoms with Crippen LogP contribution in [0.4, 0.5) is 0 Å². The molecule has 0 rings (SSSR count). The van der Waals surface area contributed by atoms with Crippen molar-refractivity contribution in [1.82, 2.24) is 0 Å². The fourth-order valence-electron chi connectivity index (χ4n) is 8.65. The molecule has 5 atom stereocenters. The fourth-order valence-corrected chi connectivity index (χ4v) is 10.2. The predicted molar refractivity (Wildman–Crippen MR) is 308 cm³/mol. The molecule has 0 fully saturated rings. The zero-order valence-electron chi connectivity index (χ0n) is 50.0. The minimum atomic E-state index is -4.94. The monoisotopic (exact) mass is 1160 g/mol. The van der Waals surface area contributed by atoms with Crippen molar-refractivity contribution in [3.8, 4) is 0 Å². The number of aliphatic hydroxyl groups is 1. The van der Waals surface area contributed by atoms with E-state index in [0.29, 0.717) is 25.7 Å². The molecule has 0 radical (unpaired) electrons. The van der Waals surface area contributed by atoms with E-state index in [0.717, 1.165) is 108 Å². The van der Waals surface area contributed by atoms with Crippen molar-refractivity contribution >= 4 is 39.5 Å². The number of carbonyl (C=O) groups is 4. The summed E-state index contributed by atoms with van der Waals surface area (Å²) in [5.41, 5.74) is 0. The summed E-state index contributed by atoms with van der Waals surface area (Å²) in [5.74, 6) is -0.642. The van der Waals surface area contributed by atoms with Gasteiger partial charge in [-0.2, -0.15) is 0 Å². The van der Waals surface area contributed by atoms with Gasteiger partial charge in [0.15, 0.2) is 12.2 Å². The van der Waals surface area contributed by atoms with Crippen LogP contribution in [0.15, 0.2) is 0 Å². The van der Waals surface area contributed by atoms with E-state index in [1.165, 1.54) is 96.3 Å². The molecular weight excluding hydrogens is 1040 g/mol. The standard InChI is InChI=1S/C59H114O17P2/c1-7-9-11-27-35-41-56(61)69-47-54(75-58(63)43-37-28-12-10-8-2)49-73-77(65,66)71-45-53(60)46-72-78(67,68)74-50-55(48-70-57(62)42-36-31-25-22-21-24-30-34-40-52(5)6)76-59(64)44-38-32-26-20-18-16-14-13-15-17-19-23-29-33-39-51(3)4/h51-55,60H,7-50H2,1-6H3,(H,65,66)(H,67,68)/t53-,54+,55+/m0/s1. The topological polar surface area (TPSA) is 237 Å². The minimum absolute atomic E-state index is 0.0985. The van der Waals surface area contributed by atoms with Gasteiger partial charge >= 0.3 is 39.5 Å². The van der Waals surface area contributed by atoms with Crippen molar-refractivity contribution in [3.63, 3.8) is 0 Å². The second-order valence-electron chi connectivity index (χ2n) is 22.3. The maximum absolute atomic E-state index is 12.9. The van der Waals surface area contributed by atoms with Gasteiger partial charge < -0.3 is 33.8 Å². The first-order chi connectivity index (χ1) is 37.4. The molecule has 0 aromatic rings. The summed E-state index contributed by atoms with van der Waals surface area (Å²) in [7, 11) is -9.86. The van der Waals surface area contributed by atoms with Gasteiger partial charge in [-0.05, 0) is 37.5 Å². The number of rotatable bonds is 58. The SMILES string of the molecule is CCCCCCCC(=O)OC[C@H](COP(=O)(O)OC[C@H](O)COP(=O)(O)OC[C@@H](COC(=O)CCCCCCCCCCC(C)C)OC(=O)CCCCCCCCCCCCCCCCC(C)C)OC(=O)CCCCCCC. The van der Waals surface area contributed by atoms with Crippen LogP contribution in [0.2, 0.25) is 0 Å². The third kappa shape index (κ3) is 53.4. The minimum Gasteiger partial charge on any atom is -0.462 e. The summed E-state index contributed by atoms with van der Waals surface area (Å²) in [4.78, 5) is 71.4. The lowest BCUT2D eigenvalue weighted by Gasteiger charge is -2.21. The molecule has 462 valence electrons.